The molecule has 0 spiro atoms. The molecule has 2 heterocycles. The number of benzene rings is 1. The number of nitrogens with one attached hydrogen (secondary N) is 1. The molecule has 1 aromatic carbocycles. The molecule has 1 saturated heterocycles. The maximum absolute atomic E-state index is 5.58. The zero-order chi connectivity index (χ0) is 12.4. The van der Waals surface area contributed by atoms with Crippen LogP contribution < -0.4 is 10.1 Å². The first-order valence-corrected chi connectivity index (χ1v) is 7.00. The molecule has 1 fully saturated rings. The van der Waals surface area contributed by atoms with E-state index in [4.69, 9.17) is 4.74 Å². The van der Waals surface area contributed by atoms with E-state index in [9.17, 15) is 0 Å². The predicted octanol–water partition coefficient (Wildman–Crippen LogP) is 2.33. The lowest BCUT2D eigenvalue weighted by atomic mass is 9.93. The van der Waals surface area contributed by atoms with Crippen LogP contribution in [0.25, 0.3) is 0 Å². The van der Waals surface area contributed by atoms with Gasteiger partial charge in [0.1, 0.15) is 5.75 Å². The Kier molecular flexibility index (Phi) is 3.52. The molecule has 3 rings (SSSR count). The minimum atomic E-state index is 0.491. The number of nitrogens with zero attached hydrogens (tertiary/aromatic N) is 1. The Balaban J connectivity index is 1.94. The fourth-order valence-electron chi connectivity index (χ4n) is 3.29. The van der Waals surface area contributed by atoms with Gasteiger partial charge in [-0.05, 0) is 37.6 Å². The SMILES string of the molecule is COc1cccc2c1[C@H](N1CCCCC1)CNC2. The van der Waals surface area contributed by atoms with Gasteiger partial charge in [-0.2, -0.15) is 0 Å². The molecule has 1 aromatic rings. The van der Waals surface area contributed by atoms with Crippen molar-refractivity contribution in [1.29, 1.82) is 0 Å². The molecule has 3 nitrogen and oxygen atoms in total. The van der Waals surface area contributed by atoms with Gasteiger partial charge in [0.25, 0.3) is 0 Å². The van der Waals surface area contributed by atoms with Crippen LogP contribution in [0.3, 0.4) is 0 Å². The largest absolute Gasteiger partial charge is 0.496 e. The number of piperidine rings is 1. The lowest BCUT2D eigenvalue weighted by Gasteiger charge is -2.38. The minimum absolute atomic E-state index is 0.491. The Labute approximate surface area is 109 Å². The first-order chi connectivity index (χ1) is 8.90. The predicted molar refractivity (Wildman–Crippen MR) is 72.9 cm³/mol. The van der Waals surface area contributed by atoms with E-state index in [1.54, 1.807) is 7.11 Å². The molecule has 1 atom stereocenters. The van der Waals surface area contributed by atoms with Gasteiger partial charge in [-0.1, -0.05) is 18.6 Å². The second-order valence-corrected chi connectivity index (χ2v) is 5.28. The Morgan fingerprint density at radius 3 is 2.83 bits per heavy atom. The summed E-state index contributed by atoms with van der Waals surface area (Å²) in [6.07, 6.45) is 4.05. The van der Waals surface area contributed by atoms with E-state index in [0.717, 1.165) is 18.8 Å². The monoisotopic (exact) mass is 246 g/mol. The maximum Gasteiger partial charge on any atom is 0.124 e. The highest BCUT2D eigenvalue weighted by atomic mass is 16.5. The number of ether oxygens (including phenoxy) is 1. The molecule has 0 bridgehead atoms. The van der Waals surface area contributed by atoms with Gasteiger partial charge >= 0.3 is 0 Å². The van der Waals surface area contributed by atoms with E-state index >= 15 is 0 Å². The molecule has 0 aliphatic carbocycles. The lowest BCUT2D eigenvalue weighted by Crippen LogP contribution is -2.42. The summed E-state index contributed by atoms with van der Waals surface area (Å²) >= 11 is 0. The van der Waals surface area contributed by atoms with Crippen molar-refractivity contribution >= 4 is 0 Å². The summed E-state index contributed by atoms with van der Waals surface area (Å²) in [6, 6.07) is 6.91. The fourth-order valence-corrected chi connectivity index (χ4v) is 3.29. The molecule has 0 aromatic heterocycles. The van der Waals surface area contributed by atoms with Crippen molar-refractivity contribution in [2.75, 3.05) is 26.7 Å². The van der Waals surface area contributed by atoms with E-state index in [2.05, 4.69) is 28.4 Å². The number of methoxy groups -OCH3 is 1. The molecule has 0 amide bonds. The smallest absolute Gasteiger partial charge is 0.124 e. The fraction of sp³-hybridized carbons (Fsp3) is 0.600. The van der Waals surface area contributed by atoms with E-state index in [1.165, 1.54) is 43.5 Å². The third-order valence-electron chi connectivity index (χ3n) is 4.19. The van der Waals surface area contributed by atoms with Crippen LogP contribution in [0.4, 0.5) is 0 Å². The molecule has 0 saturated carbocycles. The normalized spacial score (nSPS) is 24.6. The summed E-state index contributed by atoms with van der Waals surface area (Å²) in [4.78, 5) is 2.62. The first kappa shape index (κ1) is 12.0. The van der Waals surface area contributed by atoms with Crippen molar-refractivity contribution < 1.29 is 4.74 Å². The Morgan fingerprint density at radius 1 is 1.22 bits per heavy atom. The number of likely N-dealkylation sites (tertiary alicyclic amines) is 1. The summed E-state index contributed by atoms with van der Waals surface area (Å²) in [5.74, 6) is 1.06. The van der Waals surface area contributed by atoms with Crippen LogP contribution in [-0.2, 0) is 6.54 Å². The first-order valence-electron chi connectivity index (χ1n) is 7.00. The van der Waals surface area contributed by atoms with Crippen LogP contribution >= 0.6 is 0 Å². The summed E-state index contributed by atoms with van der Waals surface area (Å²) in [5.41, 5.74) is 2.82. The maximum atomic E-state index is 5.58. The van der Waals surface area contributed by atoms with Crippen molar-refractivity contribution in [2.45, 2.75) is 31.8 Å². The molecule has 2 aliphatic heterocycles. The second-order valence-electron chi connectivity index (χ2n) is 5.28. The van der Waals surface area contributed by atoms with Crippen LogP contribution in [0.15, 0.2) is 18.2 Å². The van der Waals surface area contributed by atoms with Crippen LogP contribution in [0.2, 0.25) is 0 Å². The molecular formula is C15H22N2O. The summed E-state index contributed by atoms with van der Waals surface area (Å²) in [7, 11) is 1.78. The highest BCUT2D eigenvalue weighted by Crippen LogP contribution is 2.35. The average molecular weight is 246 g/mol. The van der Waals surface area contributed by atoms with E-state index in [-0.39, 0.29) is 0 Å². The van der Waals surface area contributed by atoms with Gasteiger partial charge in [0.05, 0.1) is 13.2 Å². The lowest BCUT2D eigenvalue weighted by molar-refractivity contribution is 0.151. The standard InChI is InChI=1S/C15H22N2O/c1-18-14-7-5-6-12-10-16-11-13(15(12)14)17-8-3-2-4-9-17/h5-7,13,16H,2-4,8-11H2,1H3/t13-/m1/s1. The second kappa shape index (κ2) is 5.29. The Hall–Kier alpha value is -1.06. The highest BCUT2D eigenvalue weighted by Gasteiger charge is 2.29. The quantitative estimate of drug-likeness (QED) is 0.866. The molecule has 3 heteroatoms. The average Bonchev–Trinajstić information content (AvgIpc) is 2.47. The number of fused-ring (bicyclic) bond motifs is 1. The van der Waals surface area contributed by atoms with Crippen LogP contribution in [0.1, 0.15) is 36.4 Å². The molecule has 0 unspecified atom stereocenters. The van der Waals surface area contributed by atoms with Crippen molar-refractivity contribution in [3.8, 4) is 5.75 Å². The minimum Gasteiger partial charge on any atom is -0.496 e. The van der Waals surface area contributed by atoms with Crippen molar-refractivity contribution in [3.05, 3.63) is 29.3 Å². The molecule has 98 valence electrons. The Morgan fingerprint density at radius 2 is 2.06 bits per heavy atom. The van der Waals surface area contributed by atoms with Gasteiger partial charge in [0.2, 0.25) is 0 Å². The van der Waals surface area contributed by atoms with Crippen molar-refractivity contribution in [1.82, 2.24) is 10.2 Å². The summed E-state index contributed by atoms with van der Waals surface area (Å²) in [5, 5.41) is 3.54. The van der Waals surface area contributed by atoms with Crippen molar-refractivity contribution in [2.24, 2.45) is 0 Å². The number of hydrogen-bond donors (Lipinski definition) is 1. The molecule has 18 heavy (non-hydrogen) atoms. The Bertz CT molecular complexity index is 399. The van der Waals surface area contributed by atoms with Gasteiger partial charge < -0.3 is 10.1 Å². The molecule has 1 N–H and O–H groups in total. The van der Waals surface area contributed by atoms with E-state index in [0.29, 0.717) is 6.04 Å². The summed E-state index contributed by atoms with van der Waals surface area (Å²) in [6.45, 7) is 4.47. The number of hydrogen-bond acceptors (Lipinski definition) is 3. The van der Waals surface area contributed by atoms with Gasteiger partial charge in [0.15, 0.2) is 0 Å². The zero-order valence-corrected chi connectivity index (χ0v) is 11.1. The topological polar surface area (TPSA) is 24.5 Å². The third kappa shape index (κ3) is 2.13. The molecule has 2 aliphatic rings. The third-order valence-corrected chi connectivity index (χ3v) is 4.19. The number of rotatable bonds is 2. The van der Waals surface area contributed by atoms with Crippen LogP contribution in [-0.4, -0.2) is 31.6 Å². The zero-order valence-electron chi connectivity index (χ0n) is 11.1. The van der Waals surface area contributed by atoms with E-state index in [1.807, 2.05) is 0 Å². The van der Waals surface area contributed by atoms with Crippen LogP contribution in [0.5, 0.6) is 5.75 Å². The van der Waals surface area contributed by atoms with Crippen molar-refractivity contribution in [3.63, 3.8) is 0 Å². The van der Waals surface area contributed by atoms with Crippen LogP contribution in [0, 0.1) is 0 Å². The van der Waals surface area contributed by atoms with E-state index < -0.39 is 0 Å². The van der Waals surface area contributed by atoms with Gasteiger partial charge in [-0.15, -0.1) is 0 Å². The molecular weight excluding hydrogens is 224 g/mol. The van der Waals surface area contributed by atoms with Gasteiger partial charge in [-0.25, -0.2) is 0 Å². The van der Waals surface area contributed by atoms with Gasteiger partial charge in [0, 0.05) is 18.7 Å². The van der Waals surface area contributed by atoms with Gasteiger partial charge in [-0.3, -0.25) is 4.90 Å². The summed E-state index contributed by atoms with van der Waals surface area (Å²) < 4.78 is 5.58. The highest BCUT2D eigenvalue weighted by molar-refractivity contribution is 5.44. The molecule has 0 radical (unpaired) electrons.